The van der Waals surface area contributed by atoms with Crippen LogP contribution in [-0.4, -0.2) is 53.2 Å². The Hall–Kier alpha value is -2.84. The van der Waals surface area contributed by atoms with E-state index in [2.05, 4.69) is 5.32 Å². The summed E-state index contributed by atoms with van der Waals surface area (Å²) < 4.78 is 10.8. The number of hydrogen-bond donors (Lipinski definition) is 1. The summed E-state index contributed by atoms with van der Waals surface area (Å²) in [6.45, 7) is 0.729. The molecule has 0 bridgehead atoms. The van der Waals surface area contributed by atoms with E-state index in [-0.39, 0.29) is 25.0 Å². The molecule has 0 saturated carbocycles. The highest BCUT2D eigenvalue weighted by Crippen LogP contribution is 2.33. The van der Waals surface area contributed by atoms with Crippen LogP contribution in [0.3, 0.4) is 0 Å². The predicted octanol–water partition coefficient (Wildman–Crippen LogP) is 3.07. The lowest BCUT2D eigenvalue weighted by atomic mass is 10.1. The van der Waals surface area contributed by atoms with Crippen molar-refractivity contribution in [3.63, 3.8) is 0 Å². The van der Waals surface area contributed by atoms with Crippen molar-refractivity contribution in [1.82, 2.24) is 9.80 Å². The van der Waals surface area contributed by atoms with Gasteiger partial charge in [0.05, 0.1) is 6.42 Å². The van der Waals surface area contributed by atoms with Crippen LogP contribution < -0.4 is 14.8 Å². The molecule has 2 aliphatic heterocycles. The predicted molar refractivity (Wildman–Crippen MR) is 117 cm³/mol. The number of ether oxygens (including phenoxy) is 2. The first-order valence-corrected chi connectivity index (χ1v) is 10.2. The molecule has 2 amide bonds. The normalized spacial score (nSPS) is 17.6. The second-order valence-electron chi connectivity index (χ2n) is 7.09. The van der Waals surface area contributed by atoms with Crippen molar-refractivity contribution in [3.8, 4) is 11.5 Å². The monoisotopic (exact) mass is 445 g/mol. The summed E-state index contributed by atoms with van der Waals surface area (Å²) in [5.41, 5.74) is 1.66. The average molecular weight is 446 g/mol. The molecule has 0 aliphatic carbocycles. The molecule has 7 nitrogen and oxygen atoms in total. The first-order valence-electron chi connectivity index (χ1n) is 9.44. The van der Waals surface area contributed by atoms with Gasteiger partial charge in [-0.1, -0.05) is 17.7 Å². The third-order valence-electron chi connectivity index (χ3n) is 5.11. The molecule has 0 radical (unpaired) electrons. The van der Waals surface area contributed by atoms with Gasteiger partial charge in [0, 0.05) is 24.3 Å². The fourth-order valence-electron chi connectivity index (χ4n) is 3.49. The van der Waals surface area contributed by atoms with E-state index < -0.39 is 6.04 Å². The first kappa shape index (κ1) is 20.4. The minimum absolute atomic E-state index is 0.00702. The number of carbonyl (C=O) groups excluding carboxylic acids is 2. The maximum Gasteiger partial charge on any atom is 0.251 e. The number of nitrogens with zero attached hydrogens (tertiary/aromatic N) is 2. The third kappa shape index (κ3) is 4.20. The molecule has 1 saturated heterocycles. The minimum Gasteiger partial charge on any atom is -0.454 e. The molecule has 2 aromatic rings. The number of hydrogen-bond acceptors (Lipinski definition) is 5. The van der Waals surface area contributed by atoms with E-state index in [4.69, 9.17) is 33.3 Å². The van der Waals surface area contributed by atoms with Gasteiger partial charge in [0.25, 0.3) is 5.91 Å². The van der Waals surface area contributed by atoms with Crippen molar-refractivity contribution in [2.75, 3.05) is 25.7 Å². The summed E-state index contributed by atoms with van der Waals surface area (Å²) in [6.07, 6.45) is 0.653. The van der Waals surface area contributed by atoms with Gasteiger partial charge < -0.3 is 19.7 Å². The number of benzene rings is 2. The van der Waals surface area contributed by atoms with E-state index in [0.717, 1.165) is 11.3 Å². The molecule has 1 atom stereocenters. The number of rotatable bonds is 6. The van der Waals surface area contributed by atoms with Crippen LogP contribution in [0.2, 0.25) is 5.02 Å². The fourth-order valence-corrected chi connectivity index (χ4v) is 3.93. The van der Waals surface area contributed by atoms with E-state index in [0.29, 0.717) is 34.5 Å². The molecule has 1 fully saturated rings. The highest BCUT2D eigenvalue weighted by Gasteiger charge is 2.41. The first-order chi connectivity index (χ1) is 14.4. The van der Waals surface area contributed by atoms with Gasteiger partial charge in [-0.05, 0) is 60.6 Å². The van der Waals surface area contributed by atoms with Gasteiger partial charge in [0.1, 0.15) is 6.04 Å². The highest BCUT2D eigenvalue weighted by molar-refractivity contribution is 7.80. The summed E-state index contributed by atoms with van der Waals surface area (Å²) in [5, 5.41) is 3.81. The van der Waals surface area contributed by atoms with Gasteiger partial charge in [0.15, 0.2) is 16.6 Å². The van der Waals surface area contributed by atoms with Gasteiger partial charge in [-0.3, -0.25) is 14.5 Å². The third-order valence-corrected chi connectivity index (χ3v) is 5.87. The van der Waals surface area contributed by atoms with E-state index in [1.807, 2.05) is 23.1 Å². The van der Waals surface area contributed by atoms with Crippen molar-refractivity contribution < 1.29 is 19.1 Å². The van der Waals surface area contributed by atoms with Crippen LogP contribution in [0, 0.1) is 0 Å². The SMILES string of the molecule is CN1C(=O)C(CC(=O)Nc2ccc(Cl)cc2)N(CCc2ccc3c(c2)OCO3)C1=S. The van der Waals surface area contributed by atoms with E-state index in [9.17, 15) is 9.59 Å². The quantitative estimate of drug-likeness (QED) is 0.689. The lowest BCUT2D eigenvalue weighted by Crippen LogP contribution is -2.39. The Morgan fingerprint density at radius 2 is 1.93 bits per heavy atom. The zero-order valence-corrected chi connectivity index (χ0v) is 17.8. The molecule has 1 unspecified atom stereocenters. The van der Waals surface area contributed by atoms with Gasteiger partial charge in [-0.25, -0.2) is 0 Å². The number of amides is 2. The van der Waals surface area contributed by atoms with Crippen molar-refractivity contribution >= 4 is 46.4 Å². The summed E-state index contributed by atoms with van der Waals surface area (Å²) in [7, 11) is 1.63. The molecule has 1 N–H and O–H groups in total. The smallest absolute Gasteiger partial charge is 0.251 e. The highest BCUT2D eigenvalue weighted by atomic mass is 35.5. The number of halogens is 1. The molecule has 4 rings (SSSR count). The Bertz CT molecular complexity index is 998. The summed E-state index contributed by atoms with van der Waals surface area (Å²) >= 11 is 11.3. The molecule has 2 heterocycles. The lowest BCUT2D eigenvalue weighted by molar-refractivity contribution is -0.130. The zero-order valence-electron chi connectivity index (χ0n) is 16.3. The lowest BCUT2D eigenvalue weighted by Gasteiger charge is -2.23. The van der Waals surface area contributed by atoms with Crippen LogP contribution >= 0.6 is 23.8 Å². The largest absolute Gasteiger partial charge is 0.454 e. The van der Waals surface area contributed by atoms with Crippen LogP contribution in [0.25, 0.3) is 0 Å². The van der Waals surface area contributed by atoms with Gasteiger partial charge in [-0.2, -0.15) is 0 Å². The van der Waals surface area contributed by atoms with E-state index in [1.165, 1.54) is 4.90 Å². The molecule has 9 heteroatoms. The number of fused-ring (bicyclic) bond motifs is 1. The fraction of sp³-hybridized carbons (Fsp3) is 0.286. The van der Waals surface area contributed by atoms with Crippen molar-refractivity contribution in [2.24, 2.45) is 0 Å². The summed E-state index contributed by atoms with van der Waals surface area (Å²) in [5.74, 6) is 0.990. The maximum absolute atomic E-state index is 12.7. The summed E-state index contributed by atoms with van der Waals surface area (Å²) in [6, 6.07) is 11.9. The van der Waals surface area contributed by atoms with Crippen LogP contribution in [0.5, 0.6) is 11.5 Å². The molecule has 2 aliphatic rings. The Morgan fingerprint density at radius 3 is 2.70 bits per heavy atom. The summed E-state index contributed by atoms with van der Waals surface area (Å²) in [4.78, 5) is 28.5. The maximum atomic E-state index is 12.7. The van der Waals surface area contributed by atoms with Crippen LogP contribution in [0.4, 0.5) is 5.69 Å². The van der Waals surface area contributed by atoms with Crippen molar-refractivity contribution in [3.05, 3.63) is 53.1 Å². The topological polar surface area (TPSA) is 71.1 Å². The number of thiocarbonyl (C=S) groups is 1. The van der Waals surface area contributed by atoms with Crippen LogP contribution in [0.15, 0.2) is 42.5 Å². The Labute approximate surface area is 184 Å². The second kappa shape index (κ2) is 8.49. The molecule has 156 valence electrons. The Balaban J connectivity index is 1.42. The van der Waals surface area contributed by atoms with E-state index >= 15 is 0 Å². The molecule has 0 aromatic heterocycles. The number of carbonyl (C=O) groups is 2. The van der Waals surface area contributed by atoms with Gasteiger partial charge in [0.2, 0.25) is 12.7 Å². The number of likely N-dealkylation sites (N-methyl/N-ethyl adjacent to an activating group) is 1. The molecule has 30 heavy (non-hydrogen) atoms. The van der Waals surface area contributed by atoms with Gasteiger partial charge in [-0.15, -0.1) is 0 Å². The van der Waals surface area contributed by atoms with Crippen LogP contribution in [-0.2, 0) is 16.0 Å². The van der Waals surface area contributed by atoms with Crippen LogP contribution in [0.1, 0.15) is 12.0 Å². The molecule has 0 spiro atoms. The average Bonchev–Trinajstić information content (AvgIpc) is 3.27. The number of nitrogens with one attached hydrogen (secondary N) is 1. The Kier molecular flexibility index (Phi) is 5.78. The molecular formula is C21H20ClN3O4S. The molecule has 2 aromatic carbocycles. The minimum atomic E-state index is -0.635. The Morgan fingerprint density at radius 1 is 1.20 bits per heavy atom. The molecular weight excluding hydrogens is 426 g/mol. The number of anilines is 1. The second-order valence-corrected chi connectivity index (χ2v) is 7.89. The van der Waals surface area contributed by atoms with Crippen molar-refractivity contribution in [2.45, 2.75) is 18.9 Å². The van der Waals surface area contributed by atoms with Gasteiger partial charge >= 0.3 is 0 Å². The standard InChI is InChI=1S/C21H20ClN3O4S/c1-24-20(27)16(11-19(26)23-15-5-3-14(22)4-6-15)25(21(24)30)9-8-13-2-7-17-18(10-13)29-12-28-17/h2-7,10,16H,8-9,11-12H2,1H3,(H,23,26). The van der Waals surface area contributed by atoms with Crippen molar-refractivity contribution in [1.29, 1.82) is 0 Å². The zero-order chi connectivity index (χ0) is 21.3. The van der Waals surface area contributed by atoms with E-state index in [1.54, 1.807) is 31.3 Å².